The molecule has 1 aliphatic carbocycles. The highest BCUT2D eigenvalue weighted by Gasteiger charge is 2.36. The fraction of sp³-hybridized carbons (Fsp3) is 0.500. The number of rotatable bonds is 5. The van der Waals surface area contributed by atoms with Crippen molar-refractivity contribution in [3.63, 3.8) is 0 Å². The highest BCUT2D eigenvalue weighted by Crippen LogP contribution is 2.42. The third kappa shape index (κ3) is 2.94. The summed E-state index contributed by atoms with van der Waals surface area (Å²) in [6, 6.07) is 6.20. The molecule has 0 spiro atoms. The minimum absolute atomic E-state index is 0.00623. The number of hydrogen-bond donors (Lipinski definition) is 1. The first kappa shape index (κ1) is 19.9. The average Bonchev–Trinajstić information content (AvgIpc) is 3.24. The Labute approximate surface area is 173 Å². The van der Waals surface area contributed by atoms with E-state index in [2.05, 4.69) is 51.3 Å². The lowest BCUT2D eigenvalue weighted by molar-refractivity contribution is 0.411. The van der Waals surface area contributed by atoms with Gasteiger partial charge in [-0.3, -0.25) is 0 Å². The number of benzene rings is 1. The van der Waals surface area contributed by atoms with Gasteiger partial charge in [0.15, 0.2) is 5.65 Å². The van der Waals surface area contributed by atoms with Gasteiger partial charge in [-0.2, -0.15) is 5.10 Å². The second kappa shape index (κ2) is 7.13. The summed E-state index contributed by atoms with van der Waals surface area (Å²) in [6.07, 6.45) is 4.06. The predicted molar refractivity (Wildman–Crippen MR) is 118 cm³/mol. The molecule has 5 heteroatoms. The molecule has 0 radical (unpaired) electrons. The molecule has 0 bridgehead atoms. The zero-order valence-electron chi connectivity index (χ0n) is 18.5. The van der Waals surface area contributed by atoms with Gasteiger partial charge in [0.1, 0.15) is 5.75 Å². The molecule has 0 amide bonds. The van der Waals surface area contributed by atoms with Crippen LogP contribution in [-0.2, 0) is 11.8 Å². The van der Waals surface area contributed by atoms with Gasteiger partial charge in [-0.25, -0.2) is 9.50 Å². The molecule has 1 aliphatic rings. The van der Waals surface area contributed by atoms with Gasteiger partial charge in [-0.1, -0.05) is 26.8 Å². The van der Waals surface area contributed by atoms with Gasteiger partial charge in [0.05, 0.1) is 24.2 Å². The van der Waals surface area contributed by atoms with Crippen LogP contribution in [0.2, 0.25) is 0 Å². The fourth-order valence-electron chi connectivity index (χ4n) is 4.76. The molecule has 0 aliphatic heterocycles. The third-order valence-corrected chi connectivity index (χ3v) is 6.96. The van der Waals surface area contributed by atoms with E-state index in [9.17, 15) is 0 Å². The summed E-state index contributed by atoms with van der Waals surface area (Å²) < 4.78 is 7.52. The number of ether oxygens (including phenoxy) is 1. The maximum absolute atomic E-state index is 6.49. The summed E-state index contributed by atoms with van der Waals surface area (Å²) in [5.74, 6) is 0.862. The zero-order valence-corrected chi connectivity index (χ0v) is 18.5. The van der Waals surface area contributed by atoms with E-state index in [1.807, 2.05) is 6.07 Å². The highest BCUT2D eigenvalue weighted by molar-refractivity contribution is 5.82. The first-order chi connectivity index (χ1) is 13.8. The largest absolute Gasteiger partial charge is 0.497 e. The zero-order chi connectivity index (χ0) is 20.9. The summed E-state index contributed by atoms with van der Waals surface area (Å²) in [5, 5.41) is 5.02. The Bertz CT molecular complexity index is 1080. The van der Waals surface area contributed by atoms with Crippen molar-refractivity contribution >= 4 is 5.65 Å². The van der Waals surface area contributed by atoms with Crippen LogP contribution in [-0.4, -0.2) is 21.7 Å². The summed E-state index contributed by atoms with van der Waals surface area (Å²) in [5.41, 5.74) is 15.5. The minimum Gasteiger partial charge on any atom is -0.497 e. The van der Waals surface area contributed by atoms with E-state index in [4.69, 9.17) is 20.6 Å². The Morgan fingerprint density at radius 1 is 1.24 bits per heavy atom. The van der Waals surface area contributed by atoms with Crippen LogP contribution in [0.4, 0.5) is 0 Å². The molecule has 1 aromatic carbocycles. The van der Waals surface area contributed by atoms with Crippen LogP contribution < -0.4 is 10.5 Å². The monoisotopic (exact) mass is 392 g/mol. The van der Waals surface area contributed by atoms with Gasteiger partial charge < -0.3 is 10.5 Å². The molecule has 3 aromatic rings. The molecule has 0 saturated carbocycles. The van der Waals surface area contributed by atoms with Crippen LogP contribution in [0.15, 0.2) is 18.2 Å². The highest BCUT2D eigenvalue weighted by atomic mass is 16.5. The van der Waals surface area contributed by atoms with Crippen molar-refractivity contribution in [1.82, 2.24) is 14.6 Å². The Balaban J connectivity index is 2.08. The van der Waals surface area contributed by atoms with E-state index in [-0.39, 0.29) is 11.5 Å². The summed E-state index contributed by atoms with van der Waals surface area (Å²) in [6.45, 7) is 11.1. The molecule has 2 N–H and O–H groups in total. The third-order valence-electron chi connectivity index (χ3n) is 6.96. The smallest absolute Gasteiger partial charge is 0.163 e. The van der Waals surface area contributed by atoms with Crippen molar-refractivity contribution in [2.24, 2.45) is 5.73 Å². The first-order valence-corrected chi connectivity index (χ1v) is 10.7. The van der Waals surface area contributed by atoms with Crippen LogP contribution >= 0.6 is 0 Å². The lowest BCUT2D eigenvalue weighted by atomic mass is 9.78. The molecule has 154 valence electrons. The lowest BCUT2D eigenvalue weighted by Gasteiger charge is -2.30. The van der Waals surface area contributed by atoms with E-state index in [0.29, 0.717) is 0 Å². The molecule has 2 aromatic heterocycles. The van der Waals surface area contributed by atoms with E-state index in [1.54, 1.807) is 7.11 Å². The maximum atomic E-state index is 6.49. The Morgan fingerprint density at radius 3 is 2.59 bits per heavy atom. The van der Waals surface area contributed by atoms with E-state index in [1.165, 1.54) is 11.3 Å². The maximum Gasteiger partial charge on any atom is 0.163 e. The van der Waals surface area contributed by atoms with Crippen LogP contribution in [0.5, 0.6) is 5.75 Å². The van der Waals surface area contributed by atoms with Gasteiger partial charge in [0.25, 0.3) is 0 Å². The van der Waals surface area contributed by atoms with Gasteiger partial charge >= 0.3 is 0 Å². The molecule has 0 fully saturated rings. The van der Waals surface area contributed by atoms with Gasteiger partial charge in [0, 0.05) is 17.0 Å². The number of nitrogens with two attached hydrogens (primary N) is 1. The second-order valence-electron chi connectivity index (χ2n) is 8.61. The van der Waals surface area contributed by atoms with Gasteiger partial charge in [0.2, 0.25) is 0 Å². The number of nitrogens with zero attached hydrogens (tertiary/aromatic N) is 3. The van der Waals surface area contributed by atoms with Crippen molar-refractivity contribution < 1.29 is 4.74 Å². The molecule has 1 atom stereocenters. The van der Waals surface area contributed by atoms with E-state index < -0.39 is 0 Å². The second-order valence-corrected chi connectivity index (χ2v) is 8.61. The van der Waals surface area contributed by atoms with Crippen molar-refractivity contribution in [3.8, 4) is 16.9 Å². The van der Waals surface area contributed by atoms with Crippen molar-refractivity contribution in [1.29, 1.82) is 0 Å². The van der Waals surface area contributed by atoms with E-state index >= 15 is 0 Å². The van der Waals surface area contributed by atoms with Crippen LogP contribution in [0, 0.1) is 13.8 Å². The number of fused-ring (bicyclic) bond motifs is 2. The van der Waals surface area contributed by atoms with Crippen molar-refractivity contribution in [3.05, 3.63) is 46.4 Å². The Kier molecular flexibility index (Phi) is 4.89. The summed E-state index contributed by atoms with van der Waals surface area (Å²) in [4.78, 5) is 5.10. The normalized spacial score (nSPS) is 16.4. The fourth-order valence-corrected chi connectivity index (χ4v) is 4.76. The molecule has 0 saturated heterocycles. The molecule has 2 heterocycles. The Hall–Kier alpha value is -2.40. The van der Waals surface area contributed by atoms with Crippen molar-refractivity contribution in [2.45, 2.75) is 71.8 Å². The molecule has 5 nitrogen and oxygen atoms in total. The van der Waals surface area contributed by atoms with Crippen molar-refractivity contribution in [2.75, 3.05) is 7.11 Å². The number of hydrogen-bond acceptors (Lipinski definition) is 4. The Morgan fingerprint density at radius 2 is 1.97 bits per heavy atom. The summed E-state index contributed by atoms with van der Waals surface area (Å²) >= 11 is 0. The molecule has 29 heavy (non-hydrogen) atoms. The number of methoxy groups -OCH3 is 1. The van der Waals surface area contributed by atoms with Crippen LogP contribution in [0.25, 0.3) is 16.8 Å². The average molecular weight is 393 g/mol. The quantitative estimate of drug-likeness (QED) is 0.660. The lowest BCUT2D eigenvalue weighted by Crippen LogP contribution is -2.27. The topological polar surface area (TPSA) is 65.4 Å². The summed E-state index contributed by atoms with van der Waals surface area (Å²) in [7, 11) is 1.70. The van der Waals surface area contributed by atoms with E-state index in [0.717, 1.165) is 65.2 Å². The van der Waals surface area contributed by atoms with Crippen LogP contribution in [0.1, 0.15) is 74.3 Å². The van der Waals surface area contributed by atoms with Crippen LogP contribution in [0.3, 0.4) is 0 Å². The minimum atomic E-state index is 0.00623. The van der Waals surface area contributed by atoms with Gasteiger partial charge in [-0.15, -0.1) is 0 Å². The predicted octanol–water partition coefficient (Wildman–Crippen LogP) is 5.05. The van der Waals surface area contributed by atoms with Gasteiger partial charge in [-0.05, 0) is 68.4 Å². The molecular weight excluding hydrogens is 360 g/mol. The molecular formula is C24H32N4O. The first-order valence-electron chi connectivity index (χ1n) is 10.7. The number of aromatic nitrogens is 3. The molecule has 4 rings (SSSR count). The molecule has 1 unspecified atom stereocenters. The standard InChI is InChI=1S/C24H32N4O/c1-7-24(5,8-2)22-18-11-12-19(25)21(18)26-23-20(15(4)27-28(22)23)17-10-9-16(29-6)13-14(17)3/h9-10,13,19H,7-8,11-12,25H2,1-6H3. The number of aryl methyl sites for hydroxylation is 2. The SMILES string of the molecule is CCC(C)(CC)c1c2c(nc3c(-c4ccc(OC)cc4C)c(C)nn13)C(N)CC2.